The Morgan fingerprint density at radius 3 is 2.70 bits per heavy atom. The molecule has 27 heavy (non-hydrogen) atoms. The van der Waals surface area contributed by atoms with Crippen LogP contribution in [0.2, 0.25) is 5.02 Å². The fourth-order valence-electron chi connectivity index (χ4n) is 3.66. The van der Waals surface area contributed by atoms with Crippen LogP contribution in [-0.2, 0) is 6.18 Å². The summed E-state index contributed by atoms with van der Waals surface area (Å²) >= 11 is 5.86. The van der Waals surface area contributed by atoms with Crippen LogP contribution in [0, 0.1) is 0 Å². The highest BCUT2D eigenvalue weighted by Gasteiger charge is 2.38. The predicted molar refractivity (Wildman–Crippen MR) is 95.9 cm³/mol. The average Bonchev–Trinajstić information content (AvgIpc) is 3.04. The van der Waals surface area contributed by atoms with E-state index in [-0.39, 0.29) is 18.0 Å². The Morgan fingerprint density at radius 2 is 1.96 bits per heavy atom. The highest BCUT2D eigenvalue weighted by atomic mass is 35.5. The zero-order valence-corrected chi connectivity index (χ0v) is 15.1. The van der Waals surface area contributed by atoms with Crippen molar-refractivity contribution in [3.05, 3.63) is 41.3 Å². The summed E-state index contributed by atoms with van der Waals surface area (Å²) in [6, 6.07) is 4.98. The van der Waals surface area contributed by atoms with Gasteiger partial charge in [0.2, 0.25) is 5.95 Å². The van der Waals surface area contributed by atoms with Crippen LogP contribution in [-0.4, -0.2) is 58.1 Å². The molecule has 0 bridgehead atoms. The Kier molecular flexibility index (Phi) is 4.81. The van der Waals surface area contributed by atoms with Gasteiger partial charge in [-0.15, -0.1) is 0 Å². The van der Waals surface area contributed by atoms with Gasteiger partial charge < -0.3 is 10.2 Å². The van der Waals surface area contributed by atoms with Gasteiger partial charge in [-0.05, 0) is 24.6 Å². The molecule has 2 aromatic rings. The Labute approximate surface area is 159 Å². The molecule has 0 spiro atoms. The van der Waals surface area contributed by atoms with E-state index >= 15 is 0 Å². The Balaban J connectivity index is 1.41. The molecule has 4 heterocycles. The minimum atomic E-state index is -4.46. The first-order chi connectivity index (χ1) is 12.9. The number of aromatic nitrogens is 3. The first-order valence-corrected chi connectivity index (χ1v) is 9.03. The van der Waals surface area contributed by atoms with Gasteiger partial charge in [0.1, 0.15) is 11.5 Å². The van der Waals surface area contributed by atoms with Crippen molar-refractivity contribution in [1.82, 2.24) is 19.9 Å². The molecule has 0 aliphatic carbocycles. The minimum Gasteiger partial charge on any atom is -0.366 e. The summed E-state index contributed by atoms with van der Waals surface area (Å²) in [6.45, 7) is 2.83. The second-order valence-corrected chi connectivity index (χ2v) is 7.21. The molecule has 2 unspecified atom stereocenters. The first kappa shape index (κ1) is 18.2. The number of nitrogens with one attached hydrogen (secondary N) is 1. The molecule has 144 valence electrons. The van der Waals surface area contributed by atoms with E-state index in [9.17, 15) is 13.2 Å². The largest absolute Gasteiger partial charge is 0.433 e. The third-order valence-electron chi connectivity index (χ3n) is 4.91. The van der Waals surface area contributed by atoms with Gasteiger partial charge in [-0.3, -0.25) is 4.90 Å². The third kappa shape index (κ3) is 4.08. The number of pyridine rings is 1. The van der Waals surface area contributed by atoms with Crippen LogP contribution in [0.1, 0.15) is 12.1 Å². The van der Waals surface area contributed by atoms with Crippen molar-refractivity contribution in [2.75, 3.05) is 36.4 Å². The number of halogens is 4. The maximum Gasteiger partial charge on any atom is 0.433 e. The van der Waals surface area contributed by atoms with E-state index in [2.05, 4.69) is 25.2 Å². The fraction of sp³-hybridized carbons (Fsp3) is 0.471. The van der Waals surface area contributed by atoms with Gasteiger partial charge >= 0.3 is 6.18 Å². The van der Waals surface area contributed by atoms with Gasteiger partial charge in [0.15, 0.2) is 0 Å². The number of anilines is 2. The van der Waals surface area contributed by atoms with E-state index in [0.29, 0.717) is 18.1 Å². The maximum atomic E-state index is 12.9. The molecule has 2 atom stereocenters. The third-order valence-corrected chi connectivity index (χ3v) is 5.14. The monoisotopic (exact) mass is 398 g/mol. The lowest BCUT2D eigenvalue weighted by atomic mass is 10.1. The van der Waals surface area contributed by atoms with Crippen LogP contribution in [0.4, 0.5) is 24.9 Å². The average molecular weight is 399 g/mol. The summed E-state index contributed by atoms with van der Waals surface area (Å²) in [5.74, 6) is 0.905. The molecule has 2 aliphatic rings. The van der Waals surface area contributed by atoms with Gasteiger partial charge in [0.05, 0.1) is 5.02 Å². The van der Waals surface area contributed by atoms with Gasteiger partial charge in [-0.1, -0.05) is 11.6 Å². The Morgan fingerprint density at radius 1 is 1.11 bits per heavy atom. The summed E-state index contributed by atoms with van der Waals surface area (Å²) < 4.78 is 38.7. The lowest BCUT2D eigenvalue weighted by molar-refractivity contribution is -0.141. The molecule has 0 saturated carbocycles. The van der Waals surface area contributed by atoms with E-state index in [1.54, 1.807) is 12.3 Å². The van der Waals surface area contributed by atoms with Crippen LogP contribution in [0.5, 0.6) is 0 Å². The van der Waals surface area contributed by atoms with E-state index in [1.807, 2.05) is 11.0 Å². The van der Waals surface area contributed by atoms with Crippen LogP contribution in [0.3, 0.4) is 0 Å². The number of hydrogen-bond acceptors (Lipinski definition) is 6. The molecule has 1 N–H and O–H groups in total. The first-order valence-electron chi connectivity index (χ1n) is 8.66. The number of piperazine rings is 1. The van der Waals surface area contributed by atoms with Crippen LogP contribution in [0.25, 0.3) is 0 Å². The molecule has 2 saturated heterocycles. The molecule has 0 radical (unpaired) electrons. The topological polar surface area (TPSA) is 57.2 Å². The molecule has 2 fully saturated rings. The van der Waals surface area contributed by atoms with E-state index in [1.165, 1.54) is 6.20 Å². The maximum absolute atomic E-state index is 12.9. The molecular weight excluding hydrogens is 381 g/mol. The molecular formula is C17H18ClF3N6. The number of fused-ring (bicyclic) bond motifs is 1. The molecule has 2 aromatic heterocycles. The van der Waals surface area contributed by atoms with E-state index < -0.39 is 11.9 Å². The number of rotatable bonds is 3. The second kappa shape index (κ2) is 7.12. The summed E-state index contributed by atoms with van der Waals surface area (Å²) in [7, 11) is 0. The lowest BCUT2D eigenvalue weighted by Gasteiger charge is -2.37. The molecule has 2 aliphatic heterocycles. The molecule has 0 aromatic carbocycles. The van der Waals surface area contributed by atoms with E-state index in [4.69, 9.17) is 11.6 Å². The molecule has 6 nitrogen and oxygen atoms in total. The van der Waals surface area contributed by atoms with Gasteiger partial charge in [0, 0.05) is 50.7 Å². The molecule has 10 heteroatoms. The number of alkyl halides is 3. The zero-order chi connectivity index (χ0) is 19.0. The van der Waals surface area contributed by atoms with Crippen LogP contribution in [0.15, 0.2) is 30.6 Å². The standard InChI is InChI=1S/C17H18ClF3N6/c18-11-1-2-15(23-8-11)24-12-7-13-10-27(6-5-26(13)9-12)16-22-4-3-14(25-16)17(19,20)21/h1-4,8,12-13H,5-7,9-10H2,(H,23,24). The van der Waals surface area contributed by atoms with Crippen molar-refractivity contribution in [3.63, 3.8) is 0 Å². The molecule has 0 amide bonds. The number of nitrogens with zero attached hydrogens (tertiary/aromatic N) is 5. The van der Waals surface area contributed by atoms with Crippen molar-refractivity contribution >= 4 is 23.4 Å². The summed E-state index contributed by atoms with van der Waals surface area (Å²) in [4.78, 5) is 16.2. The minimum absolute atomic E-state index is 0.139. The van der Waals surface area contributed by atoms with Gasteiger partial charge in [-0.25, -0.2) is 15.0 Å². The highest BCUT2D eigenvalue weighted by Crippen LogP contribution is 2.30. The van der Waals surface area contributed by atoms with Crippen molar-refractivity contribution < 1.29 is 13.2 Å². The van der Waals surface area contributed by atoms with Gasteiger partial charge in [-0.2, -0.15) is 13.2 Å². The smallest absolute Gasteiger partial charge is 0.366 e. The SMILES string of the molecule is FC(F)(F)c1ccnc(N2CCN3CC(Nc4ccc(Cl)cn4)CC3C2)n1. The Hall–Kier alpha value is -2.13. The van der Waals surface area contributed by atoms with Crippen molar-refractivity contribution in [1.29, 1.82) is 0 Å². The zero-order valence-electron chi connectivity index (χ0n) is 14.3. The van der Waals surface area contributed by atoms with Crippen molar-refractivity contribution in [2.45, 2.75) is 24.7 Å². The van der Waals surface area contributed by atoms with Gasteiger partial charge in [0.25, 0.3) is 0 Å². The predicted octanol–water partition coefficient (Wildman–Crippen LogP) is 2.92. The summed E-state index contributed by atoms with van der Waals surface area (Å²) in [6.07, 6.45) is -0.825. The van der Waals surface area contributed by atoms with Crippen LogP contribution < -0.4 is 10.2 Å². The lowest BCUT2D eigenvalue weighted by Crippen LogP contribution is -2.50. The summed E-state index contributed by atoms with van der Waals surface area (Å²) in [5.41, 5.74) is -0.908. The normalized spacial score (nSPS) is 23.3. The Bertz CT molecular complexity index is 800. The second-order valence-electron chi connectivity index (χ2n) is 6.77. The highest BCUT2D eigenvalue weighted by molar-refractivity contribution is 6.30. The van der Waals surface area contributed by atoms with E-state index in [0.717, 1.165) is 31.4 Å². The number of hydrogen-bond donors (Lipinski definition) is 1. The van der Waals surface area contributed by atoms with Crippen LogP contribution >= 0.6 is 11.6 Å². The fourth-order valence-corrected chi connectivity index (χ4v) is 3.77. The summed E-state index contributed by atoms with van der Waals surface area (Å²) in [5, 5.41) is 3.98. The molecule has 4 rings (SSSR count). The van der Waals surface area contributed by atoms with Crippen molar-refractivity contribution in [3.8, 4) is 0 Å². The van der Waals surface area contributed by atoms with Crippen molar-refractivity contribution in [2.24, 2.45) is 0 Å². The quantitative estimate of drug-likeness (QED) is 0.858.